The normalized spacial score (nSPS) is 17.3. The summed E-state index contributed by atoms with van der Waals surface area (Å²) >= 11 is 0. The van der Waals surface area contributed by atoms with E-state index in [2.05, 4.69) is 57.5 Å². The zero-order chi connectivity index (χ0) is 31.4. The molecule has 2 aliphatic rings. The van der Waals surface area contributed by atoms with Crippen LogP contribution in [0.4, 0.5) is 28.8 Å². The molecule has 0 amide bonds. The van der Waals surface area contributed by atoms with E-state index >= 15 is 0 Å². The first kappa shape index (κ1) is 31.4. The van der Waals surface area contributed by atoms with E-state index in [9.17, 15) is 4.57 Å². The fourth-order valence-electron chi connectivity index (χ4n) is 6.71. The van der Waals surface area contributed by atoms with Crippen LogP contribution in [0.2, 0.25) is 0 Å². The van der Waals surface area contributed by atoms with E-state index in [1.165, 1.54) is 58.0 Å². The van der Waals surface area contributed by atoms with Crippen LogP contribution < -0.4 is 25.6 Å². The highest BCUT2D eigenvalue weighted by atomic mass is 31.2. The fourth-order valence-corrected chi connectivity index (χ4v) is 7.86. The summed E-state index contributed by atoms with van der Waals surface area (Å²) in [5.74, 6) is 1.97. The Hall–Kier alpha value is -3.55. The van der Waals surface area contributed by atoms with Gasteiger partial charge in [-0.2, -0.15) is 9.97 Å². The number of ether oxygens (including phenoxy) is 1. The summed E-state index contributed by atoms with van der Waals surface area (Å²) in [5.41, 5.74) is 3.49. The Morgan fingerprint density at radius 3 is 2.38 bits per heavy atom. The number of benzene rings is 2. The SMILES string of the molecule is CC(C)Oc1cc(Nc2nc(Nc3ccccc3P(C)(C)=O)c3cc[nH]c3n2)ccc1N1CCC(N2CCCCCCC2)CC1. The number of hydrogen-bond donors (Lipinski definition) is 3. The van der Waals surface area contributed by atoms with Gasteiger partial charge in [0.25, 0.3) is 0 Å². The van der Waals surface area contributed by atoms with Crippen LogP contribution in [0.1, 0.15) is 58.8 Å². The number of likely N-dealkylation sites (tertiary alicyclic amines) is 1. The Morgan fingerprint density at radius 2 is 1.64 bits per heavy atom. The first-order valence-electron chi connectivity index (χ1n) is 16.6. The van der Waals surface area contributed by atoms with Crippen LogP contribution in [0.3, 0.4) is 0 Å². The molecule has 0 atom stereocenters. The van der Waals surface area contributed by atoms with Crippen molar-refractivity contribution in [2.45, 2.75) is 70.9 Å². The maximum atomic E-state index is 13.0. The molecule has 0 radical (unpaired) electrons. The lowest BCUT2D eigenvalue weighted by Crippen LogP contribution is -2.46. The molecule has 4 aromatic rings. The van der Waals surface area contributed by atoms with Crippen molar-refractivity contribution < 1.29 is 9.30 Å². The van der Waals surface area contributed by atoms with Crippen molar-refractivity contribution in [3.05, 3.63) is 54.7 Å². The molecule has 2 aromatic carbocycles. The Balaban J connectivity index is 1.21. The summed E-state index contributed by atoms with van der Waals surface area (Å²) < 4.78 is 19.4. The average Bonchev–Trinajstić information content (AvgIpc) is 3.46. The third kappa shape index (κ3) is 7.64. The molecule has 6 rings (SSSR count). The first-order chi connectivity index (χ1) is 21.7. The number of nitrogens with one attached hydrogen (secondary N) is 3. The van der Waals surface area contributed by atoms with Crippen molar-refractivity contribution in [3.63, 3.8) is 0 Å². The van der Waals surface area contributed by atoms with Gasteiger partial charge in [-0.3, -0.25) is 0 Å². The van der Waals surface area contributed by atoms with Crippen molar-refractivity contribution in [2.75, 3.05) is 55.0 Å². The monoisotopic (exact) mass is 629 g/mol. The standard InChI is InChI=1S/C35H48N7O2P/c1-25(2)44-31-24-26(14-15-30(31)42-22-17-27(18-23-42)41-20-10-6-5-7-11-21-41)37-35-39-33-28(16-19-36-33)34(40-35)38-29-12-8-9-13-32(29)45(3,4)43/h8-9,12-16,19,24-25,27H,5-7,10-11,17-18,20-23H2,1-4H3,(H3,36,37,38,39,40). The molecule has 2 fully saturated rings. The van der Waals surface area contributed by atoms with Crippen LogP contribution in [-0.4, -0.2) is 71.5 Å². The molecule has 2 aromatic heterocycles. The number of aromatic nitrogens is 3. The van der Waals surface area contributed by atoms with Crippen LogP contribution >= 0.6 is 7.14 Å². The summed E-state index contributed by atoms with van der Waals surface area (Å²) in [6.45, 7) is 12.3. The van der Waals surface area contributed by atoms with Crippen molar-refractivity contribution in [2.24, 2.45) is 0 Å². The number of rotatable bonds is 9. The number of fused-ring (bicyclic) bond motifs is 1. The quantitative estimate of drug-likeness (QED) is 0.162. The lowest BCUT2D eigenvalue weighted by Gasteiger charge is -2.40. The van der Waals surface area contributed by atoms with Crippen LogP contribution in [0, 0.1) is 0 Å². The van der Waals surface area contributed by atoms with Gasteiger partial charge in [0.15, 0.2) is 0 Å². The molecule has 240 valence electrons. The molecule has 0 aliphatic carbocycles. The number of anilines is 5. The molecule has 0 saturated carbocycles. The third-order valence-corrected chi connectivity index (χ3v) is 10.5. The van der Waals surface area contributed by atoms with Crippen molar-refractivity contribution >= 4 is 52.3 Å². The van der Waals surface area contributed by atoms with Gasteiger partial charge in [-0.15, -0.1) is 0 Å². The number of hydrogen-bond acceptors (Lipinski definition) is 8. The van der Waals surface area contributed by atoms with Crippen molar-refractivity contribution in [1.82, 2.24) is 19.9 Å². The molecular weight excluding hydrogens is 581 g/mol. The molecule has 3 N–H and O–H groups in total. The molecule has 2 aliphatic heterocycles. The maximum Gasteiger partial charge on any atom is 0.231 e. The van der Waals surface area contributed by atoms with Gasteiger partial charge < -0.3 is 34.7 Å². The molecule has 10 heteroatoms. The summed E-state index contributed by atoms with van der Waals surface area (Å²) in [5, 5.41) is 8.51. The van der Waals surface area contributed by atoms with Crippen LogP contribution in [0.25, 0.3) is 11.0 Å². The number of para-hydroxylation sites is 1. The van der Waals surface area contributed by atoms with E-state index in [0.29, 0.717) is 23.5 Å². The largest absolute Gasteiger partial charge is 0.489 e. The zero-order valence-corrected chi connectivity index (χ0v) is 28.1. The second kappa shape index (κ2) is 13.8. The van der Waals surface area contributed by atoms with Gasteiger partial charge in [-0.1, -0.05) is 31.4 Å². The number of H-pyrrole nitrogens is 1. The minimum absolute atomic E-state index is 0.0491. The van der Waals surface area contributed by atoms with Crippen LogP contribution in [-0.2, 0) is 4.57 Å². The molecule has 2 saturated heterocycles. The van der Waals surface area contributed by atoms with E-state index < -0.39 is 7.14 Å². The topological polar surface area (TPSA) is 98.4 Å². The van der Waals surface area contributed by atoms with E-state index in [1.807, 2.05) is 36.5 Å². The van der Waals surface area contributed by atoms with Gasteiger partial charge in [0.05, 0.1) is 22.9 Å². The van der Waals surface area contributed by atoms with Crippen molar-refractivity contribution in [3.8, 4) is 5.75 Å². The minimum atomic E-state index is -2.50. The molecule has 9 nitrogen and oxygen atoms in total. The Morgan fingerprint density at radius 1 is 0.911 bits per heavy atom. The summed E-state index contributed by atoms with van der Waals surface area (Å²) in [4.78, 5) is 18.1. The second-order valence-electron chi connectivity index (χ2n) is 13.1. The van der Waals surface area contributed by atoms with Crippen LogP contribution in [0.15, 0.2) is 54.7 Å². The predicted octanol–water partition coefficient (Wildman–Crippen LogP) is 7.72. The Labute approximate surface area is 267 Å². The fraction of sp³-hybridized carbons (Fsp3) is 0.486. The maximum absolute atomic E-state index is 13.0. The highest BCUT2D eigenvalue weighted by Gasteiger charge is 2.27. The van der Waals surface area contributed by atoms with Gasteiger partial charge in [0.1, 0.15) is 24.4 Å². The van der Waals surface area contributed by atoms with Crippen LogP contribution in [0.5, 0.6) is 5.75 Å². The highest BCUT2D eigenvalue weighted by molar-refractivity contribution is 7.70. The summed E-state index contributed by atoms with van der Waals surface area (Å²) in [6, 6.07) is 16.7. The van der Waals surface area contributed by atoms with Crippen molar-refractivity contribution in [1.29, 1.82) is 0 Å². The summed E-state index contributed by atoms with van der Waals surface area (Å²) in [7, 11) is -2.50. The lowest BCUT2D eigenvalue weighted by atomic mass is 9.99. The predicted molar refractivity (Wildman–Crippen MR) is 188 cm³/mol. The molecule has 0 spiro atoms. The number of aromatic amines is 1. The van der Waals surface area contributed by atoms with Gasteiger partial charge in [0.2, 0.25) is 5.95 Å². The van der Waals surface area contributed by atoms with Gasteiger partial charge in [-0.05, 0) is 96.3 Å². The average molecular weight is 630 g/mol. The van der Waals surface area contributed by atoms with Gasteiger partial charge in [0, 0.05) is 42.4 Å². The molecular formula is C35H48N7O2P. The zero-order valence-electron chi connectivity index (χ0n) is 27.2. The van der Waals surface area contributed by atoms with Gasteiger partial charge in [-0.25, -0.2) is 0 Å². The number of piperidine rings is 1. The third-order valence-electron chi connectivity index (χ3n) is 8.94. The lowest BCUT2D eigenvalue weighted by molar-refractivity contribution is 0.154. The number of nitrogens with zero attached hydrogens (tertiary/aromatic N) is 4. The van der Waals surface area contributed by atoms with E-state index in [0.717, 1.165) is 46.6 Å². The molecule has 0 bridgehead atoms. The minimum Gasteiger partial charge on any atom is -0.489 e. The molecule has 4 heterocycles. The highest BCUT2D eigenvalue weighted by Crippen LogP contribution is 2.39. The molecule has 45 heavy (non-hydrogen) atoms. The van der Waals surface area contributed by atoms with E-state index in [-0.39, 0.29) is 6.10 Å². The van der Waals surface area contributed by atoms with Gasteiger partial charge >= 0.3 is 0 Å². The Bertz CT molecular complexity index is 1630. The Kier molecular flexibility index (Phi) is 9.67. The second-order valence-corrected chi connectivity index (χ2v) is 16.3. The van der Waals surface area contributed by atoms with E-state index in [4.69, 9.17) is 14.7 Å². The van der Waals surface area contributed by atoms with E-state index in [1.54, 1.807) is 13.3 Å². The molecule has 0 unspecified atom stereocenters. The summed E-state index contributed by atoms with van der Waals surface area (Å²) in [6.07, 6.45) is 11.1. The first-order valence-corrected chi connectivity index (χ1v) is 19.2. The smallest absolute Gasteiger partial charge is 0.231 e.